The Hall–Kier alpha value is -2.57. The Kier molecular flexibility index (Phi) is 7.25. The molecule has 0 unspecified atom stereocenters. The Labute approximate surface area is 151 Å². The first kappa shape index (κ1) is 18.8. The van der Waals surface area contributed by atoms with Crippen LogP contribution in [0.25, 0.3) is 0 Å². The highest BCUT2D eigenvalue weighted by Gasteiger charge is 2.21. The molecule has 132 valence electrons. The van der Waals surface area contributed by atoms with E-state index >= 15 is 0 Å². The minimum absolute atomic E-state index is 0.359. The van der Waals surface area contributed by atoms with Crippen molar-refractivity contribution >= 4 is 23.5 Å². The fourth-order valence-corrected chi connectivity index (χ4v) is 2.28. The average Bonchev–Trinajstić information content (AvgIpc) is 2.63. The first-order valence-electron chi connectivity index (χ1n) is 7.79. The summed E-state index contributed by atoms with van der Waals surface area (Å²) in [4.78, 5) is 23.7. The summed E-state index contributed by atoms with van der Waals surface area (Å²) in [6.07, 6.45) is 0. The molecule has 1 atom stereocenters. The number of imide groups is 1. The van der Waals surface area contributed by atoms with Gasteiger partial charge in [-0.3, -0.25) is 15.4 Å². The maximum absolute atomic E-state index is 12.3. The Morgan fingerprint density at radius 1 is 1.08 bits per heavy atom. The monoisotopic (exact) mass is 361 g/mol. The molecule has 0 aliphatic heterocycles. The van der Waals surface area contributed by atoms with Crippen LogP contribution in [-0.4, -0.2) is 32.1 Å². The first-order chi connectivity index (χ1) is 12.1. The zero-order valence-electron chi connectivity index (χ0n) is 13.8. The maximum Gasteiger partial charge on any atom is 0.321 e. The molecule has 0 saturated heterocycles. The highest BCUT2D eigenvalue weighted by Crippen LogP contribution is 2.16. The molecule has 7 heteroatoms. The smallest absolute Gasteiger partial charge is 0.321 e. The largest absolute Gasteiger partial charge is 0.492 e. The topological polar surface area (TPSA) is 79.5 Å². The van der Waals surface area contributed by atoms with E-state index in [1.54, 1.807) is 24.3 Å². The fraction of sp³-hybridized carbons (Fsp3) is 0.222. The quantitative estimate of drug-likeness (QED) is 0.662. The molecule has 0 heterocycles. The van der Waals surface area contributed by atoms with Crippen molar-refractivity contribution in [3.63, 3.8) is 0 Å². The van der Waals surface area contributed by atoms with Crippen LogP contribution < -0.4 is 20.7 Å². The average molecular weight is 362 g/mol. The van der Waals surface area contributed by atoms with E-state index in [1.165, 1.54) is 7.05 Å². The Morgan fingerprint density at radius 2 is 1.76 bits per heavy atom. The lowest BCUT2D eigenvalue weighted by Crippen LogP contribution is -2.44. The van der Waals surface area contributed by atoms with Crippen molar-refractivity contribution in [1.82, 2.24) is 16.0 Å². The summed E-state index contributed by atoms with van der Waals surface area (Å²) in [7, 11) is 1.45. The second-order valence-corrected chi connectivity index (χ2v) is 5.61. The lowest BCUT2D eigenvalue weighted by molar-refractivity contribution is -0.122. The zero-order chi connectivity index (χ0) is 18.1. The van der Waals surface area contributed by atoms with E-state index in [2.05, 4.69) is 16.0 Å². The molecule has 2 aromatic rings. The molecule has 0 radical (unpaired) electrons. The second-order valence-electron chi connectivity index (χ2n) is 5.17. The first-order valence-corrected chi connectivity index (χ1v) is 8.17. The van der Waals surface area contributed by atoms with Gasteiger partial charge in [-0.15, -0.1) is 0 Å². The Bertz CT molecular complexity index is 692. The minimum Gasteiger partial charge on any atom is -0.492 e. The summed E-state index contributed by atoms with van der Waals surface area (Å²) in [5, 5.41) is 8.39. The molecule has 2 aromatic carbocycles. The lowest BCUT2D eigenvalue weighted by atomic mass is 10.1. The van der Waals surface area contributed by atoms with E-state index in [4.69, 9.17) is 16.3 Å². The molecular formula is C18H20ClN3O3. The van der Waals surface area contributed by atoms with Crippen LogP contribution in [0.5, 0.6) is 5.75 Å². The molecule has 3 N–H and O–H groups in total. The maximum atomic E-state index is 12.3. The van der Waals surface area contributed by atoms with Crippen molar-refractivity contribution in [2.45, 2.75) is 6.04 Å². The summed E-state index contributed by atoms with van der Waals surface area (Å²) < 4.78 is 5.60. The van der Waals surface area contributed by atoms with Gasteiger partial charge >= 0.3 is 6.03 Å². The third-order valence-electron chi connectivity index (χ3n) is 3.39. The van der Waals surface area contributed by atoms with Gasteiger partial charge in [0.15, 0.2) is 0 Å². The van der Waals surface area contributed by atoms with E-state index in [1.807, 2.05) is 30.3 Å². The molecule has 0 aliphatic carbocycles. The van der Waals surface area contributed by atoms with Crippen LogP contribution in [0.4, 0.5) is 4.79 Å². The molecule has 0 fully saturated rings. The third kappa shape index (κ3) is 6.10. The number of rotatable bonds is 7. The number of urea groups is 1. The van der Waals surface area contributed by atoms with Crippen molar-refractivity contribution in [2.24, 2.45) is 0 Å². The predicted molar refractivity (Wildman–Crippen MR) is 96.7 cm³/mol. The highest BCUT2D eigenvalue weighted by atomic mass is 35.5. The van der Waals surface area contributed by atoms with Crippen LogP contribution in [0.3, 0.4) is 0 Å². The number of carbonyl (C=O) groups is 2. The van der Waals surface area contributed by atoms with Gasteiger partial charge in [0.2, 0.25) is 5.91 Å². The van der Waals surface area contributed by atoms with E-state index in [-0.39, 0.29) is 0 Å². The van der Waals surface area contributed by atoms with Crippen molar-refractivity contribution in [2.75, 3.05) is 20.2 Å². The summed E-state index contributed by atoms with van der Waals surface area (Å²) in [5.74, 6) is 0.259. The van der Waals surface area contributed by atoms with Crippen LogP contribution in [0.1, 0.15) is 11.6 Å². The van der Waals surface area contributed by atoms with Gasteiger partial charge in [0.1, 0.15) is 18.4 Å². The number of carbonyl (C=O) groups excluding carboxylic acids is 2. The Morgan fingerprint density at radius 3 is 2.40 bits per heavy atom. The molecule has 0 aromatic heterocycles. The normalized spacial score (nSPS) is 11.4. The van der Waals surface area contributed by atoms with Crippen molar-refractivity contribution in [3.05, 3.63) is 65.2 Å². The van der Waals surface area contributed by atoms with Gasteiger partial charge in [-0.05, 0) is 29.8 Å². The van der Waals surface area contributed by atoms with Gasteiger partial charge in [0, 0.05) is 18.6 Å². The molecule has 2 rings (SSSR count). The number of hydrogen-bond acceptors (Lipinski definition) is 4. The summed E-state index contributed by atoms with van der Waals surface area (Å²) in [6.45, 7) is 0.779. The van der Waals surface area contributed by atoms with Gasteiger partial charge in [-0.25, -0.2) is 4.79 Å². The highest BCUT2D eigenvalue weighted by molar-refractivity contribution is 6.30. The van der Waals surface area contributed by atoms with Crippen LogP contribution in [0.2, 0.25) is 5.02 Å². The van der Waals surface area contributed by atoms with Crippen molar-refractivity contribution < 1.29 is 14.3 Å². The van der Waals surface area contributed by atoms with E-state index in [9.17, 15) is 9.59 Å². The van der Waals surface area contributed by atoms with Crippen LogP contribution >= 0.6 is 11.6 Å². The van der Waals surface area contributed by atoms with Gasteiger partial charge < -0.3 is 10.1 Å². The van der Waals surface area contributed by atoms with Crippen LogP contribution in [0, 0.1) is 0 Å². The lowest BCUT2D eigenvalue weighted by Gasteiger charge is -2.18. The zero-order valence-corrected chi connectivity index (χ0v) is 14.5. The fourth-order valence-electron chi connectivity index (χ4n) is 2.16. The number of benzene rings is 2. The molecule has 0 aliphatic rings. The minimum atomic E-state index is -0.660. The molecule has 0 saturated carbocycles. The Balaban J connectivity index is 1.92. The summed E-state index contributed by atoms with van der Waals surface area (Å²) >= 11 is 5.83. The number of hydrogen-bond donors (Lipinski definition) is 3. The molecule has 0 bridgehead atoms. The van der Waals surface area contributed by atoms with Gasteiger partial charge in [0.05, 0.1) is 0 Å². The van der Waals surface area contributed by atoms with Gasteiger partial charge in [-0.2, -0.15) is 0 Å². The number of ether oxygens (including phenoxy) is 1. The molecule has 6 nitrogen and oxygen atoms in total. The van der Waals surface area contributed by atoms with E-state index in [0.717, 1.165) is 5.56 Å². The molecule has 25 heavy (non-hydrogen) atoms. The summed E-state index contributed by atoms with van der Waals surface area (Å²) in [5.41, 5.74) is 0.760. The van der Waals surface area contributed by atoms with Crippen molar-refractivity contribution in [1.29, 1.82) is 0 Å². The SMILES string of the molecule is CNC(=O)NC(=O)[C@@H](NCCOc1ccc(Cl)cc1)c1ccccc1. The van der Waals surface area contributed by atoms with E-state index in [0.29, 0.717) is 23.9 Å². The van der Waals surface area contributed by atoms with Crippen molar-refractivity contribution in [3.8, 4) is 5.75 Å². The number of halogens is 1. The molecular weight excluding hydrogens is 342 g/mol. The molecule has 3 amide bonds. The number of amides is 3. The second kappa shape index (κ2) is 9.66. The van der Waals surface area contributed by atoms with E-state index < -0.39 is 18.0 Å². The molecule has 0 spiro atoms. The van der Waals surface area contributed by atoms with Crippen LogP contribution in [0.15, 0.2) is 54.6 Å². The standard InChI is InChI=1S/C18H20ClN3O3/c1-20-18(24)22-17(23)16(13-5-3-2-4-6-13)21-11-12-25-15-9-7-14(19)8-10-15/h2-10,16,21H,11-12H2,1H3,(H2,20,22,23,24)/t16-/m0/s1. The van der Waals surface area contributed by atoms with Gasteiger partial charge in [0.25, 0.3) is 0 Å². The van der Waals surface area contributed by atoms with Gasteiger partial charge in [-0.1, -0.05) is 41.9 Å². The predicted octanol–water partition coefficient (Wildman–Crippen LogP) is 2.51. The number of nitrogens with one attached hydrogen (secondary N) is 3. The van der Waals surface area contributed by atoms with Crippen LogP contribution in [-0.2, 0) is 4.79 Å². The summed E-state index contributed by atoms with van der Waals surface area (Å²) in [6, 6.07) is 15.0. The third-order valence-corrected chi connectivity index (χ3v) is 3.64.